The zero-order chi connectivity index (χ0) is 35.7. The molecule has 3 nitrogen and oxygen atoms in total. The van der Waals surface area contributed by atoms with Crippen LogP contribution in [0.25, 0.3) is 0 Å². The van der Waals surface area contributed by atoms with Crippen molar-refractivity contribution in [1.29, 1.82) is 0 Å². The van der Waals surface area contributed by atoms with Gasteiger partial charge in [0.1, 0.15) is 0 Å². The van der Waals surface area contributed by atoms with E-state index < -0.39 is 27.4 Å². The van der Waals surface area contributed by atoms with Gasteiger partial charge in [0.2, 0.25) is 0 Å². The third-order valence-corrected chi connectivity index (χ3v) is 21.3. The number of allylic oxidation sites excluding steroid dienone is 4. The Labute approximate surface area is 304 Å². The summed E-state index contributed by atoms with van der Waals surface area (Å²) in [6.07, 6.45) is 10.1. The van der Waals surface area contributed by atoms with Crippen LogP contribution in [0.1, 0.15) is 96.0 Å². The van der Waals surface area contributed by atoms with Crippen LogP contribution in [0.4, 0.5) is 11.4 Å². The Hall–Kier alpha value is -2.36. The first-order valence-electron chi connectivity index (χ1n) is 18.1. The zero-order valence-corrected chi connectivity index (χ0v) is 35.6. The molecule has 1 unspecified atom stereocenters. The molecule has 4 rings (SSSR count). The fourth-order valence-electron chi connectivity index (χ4n) is 8.55. The van der Waals surface area contributed by atoms with E-state index in [2.05, 4.69) is 179 Å². The van der Waals surface area contributed by atoms with E-state index in [0.29, 0.717) is 0 Å². The number of hydrogen-bond donors (Lipinski definition) is 0. The topological polar surface area (TPSA) is 15.7 Å². The summed E-state index contributed by atoms with van der Waals surface area (Å²) in [4.78, 5) is 4.62. The molecule has 0 N–H and O–H groups in total. The van der Waals surface area contributed by atoms with Crippen LogP contribution in [0.3, 0.4) is 0 Å². The van der Waals surface area contributed by atoms with Crippen molar-refractivity contribution < 1.29 is 32.2 Å². The predicted molar refractivity (Wildman–Crippen MR) is 207 cm³/mol. The number of methoxy groups -OCH3 is 1. The molecule has 3 aromatic carbocycles. The van der Waals surface area contributed by atoms with E-state index >= 15 is 0 Å². The molecule has 258 valence electrons. The number of benzene rings is 3. The van der Waals surface area contributed by atoms with Gasteiger partial charge in [0.25, 0.3) is 0 Å². The van der Waals surface area contributed by atoms with Gasteiger partial charge < -0.3 is 0 Å². The van der Waals surface area contributed by atoms with Crippen LogP contribution in [-0.2, 0) is 44.7 Å². The number of nitrogens with zero attached hydrogens (tertiary/aromatic N) is 2. The van der Waals surface area contributed by atoms with E-state index in [9.17, 15) is 0 Å². The quantitative estimate of drug-likeness (QED) is 0.185. The molecule has 0 aliphatic heterocycles. The molecule has 0 spiro atoms. The summed E-state index contributed by atoms with van der Waals surface area (Å²) in [5.74, 6) is 1.09. The van der Waals surface area contributed by atoms with Gasteiger partial charge in [-0.05, 0) is 0 Å². The van der Waals surface area contributed by atoms with Gasteiger partial charge in [-0.3, -0.25) is 0 Å². The van der Waals surface area contributed by atoms with Gasteiger partial charge in [0, 0.05) is 0 Å². The Kier molecular flexibility index (Phi) is 11.9. The van der Waals surface area contributed by atoms with Crippen molar-refractivity contribution >= 4 is 11.4 Å². The summed E-state index contributed by atoms with van der Waals surface area (Å²) in [5, 5.41) is 0. The van der Waals surface area contributed by atoms with Crippen LogP contribution in [0, 0.1) is 12.3 Å². The molecular weight excluding hydrogens is 661 g/mol. The molecular formula is C44H63N2OY. The van der Waals surface area contributed by atoms with E-state index in [-0.39, 0.29) is 18.5 Å². The summed E-state index contributed by atoms with van der Waals surface area (Å²) < 4.78 is 8.80. The van der Waals surface area contributed by atoms with E-state index in [4.69, 9.17) is 4.74 Å². The summed E-state index contributed by atoms with van der Waals surface area (Å²) in [7, 11) is 10.7. The normalized spacial score (nSPS) is 16.6. The molecule has 4 heteroatoms. The number of aryl methyl sites for hydroxylation is 1. The number of ether oxygens (including phenoxy) is 1. The summed E-state index contributed by atoms with van der Waals surface area (Å²) in [6, 6.07) is 23.2. The Bertz CT molecular complexity index is 1580. The average molecular weight is 725 g/mol. The number of rotatable bonds is 12. The minimum atomic E-state index is -2.90. The maximum absolute atomic E-state index is 6.55. The SMILES string of the molecule is CCC(CC)(c1cc(C)cc(C(C)(C)C)c1OC)[C]1([Y]([CH2]c2ccccc2N(C)C)[CH2]c2ccccc2N(C)C)C=CC(C(C)(C)C)=C1. The molecule has 0 fully saturated rings. The van der Waals surface area contributed by atoms with Gasteiger partial charge in [0.05, 0.1) is 0 Å². The van der Waals surface area contributed by atoms with Gasteiger partial charge in [-0.1, -0.05) is 0 Å². The number of anilines is 2. The van der Waals surface area contributed by atoms with Crippen LogP contribution < -0.4 is 14.5 Å². The van der Waals surface area contributed by atoms with Crippen molar-refractivity contribution in [2.45, 2.75) is 94.7 Å². The van der Waals surface area contributed by atoms with Gasteiger partial charge >= 0.3 is 307 Å². The molecule has 48 heavy (non-hydrogen) atoms. The molecule has 0 bridgehead atoms. The van der Waals surface area contributed by atoms with Crippen molar-refractivity contribution in [2.75, 3.05) is 45.1 Å². The van der Waals surface area contributed by atoms with Gasteiger partial charge in [-0.25, -0.2) is 0 Å². The molecule has 0 heterocycles. The second-order valence-electron chi connectivity index (χ2n) is 16.7. The van der Waals surface area contributed by atoms with Crippen molar-refractivity contribution in [2.24, 2.45) is 5.41 Å². The molecule has 3 aromatic rings. The van der Waals surface area contributed by atoms with Crippen LogP contribution in [0.2, 0.25) is 2.23 Å². The first-order chi connectivity index (χ1) is 22.5. The maximum atomic E-state index is 6.55. The van der Waals surface area contributed by atoms with E-state index in [1.54, 1.807) is 0 Å². The molecule has 1 aliphatic carbocycles. The number of para-hydroxylation sites is 2. The molecule has 0 saturated heterocycles. The molecule has 0 saturated carbocycles. The fourth-order valence-corrected chi connectivity index (χ4v) is 20.1. The molecule has 0 aromatic heterocycles. The van der Waals surface area contributed by atoms with Crippen molar-refractivity contribution in [1.82, 2.24) is 0 Å². The Morgan fingerprint density at radius 2 is 1.19 bits per heavy atom. The van der Waals surface area contributed by atoms with Gasteiger partial charge in [0.15, 0.2) is 0 Å². The second kappa shape index (κ2) is 14.9. The summed E-state index contributed by atoms with van der Waals surface area (Å²) in [5.41, 5.74) is 11.1. The van der Waals surface area contributed by atoms with E-state index in [1.165, 1.54) is 44.8 Å². The zero-order valence-electron chi connectivity index (χ0n) is 32.7. The third kappa shape index (κ3) is 7.39. The van der Waals surface area contributed by atoms with Gasteiger partial charge in [-0.15, -0.1) is 0 Å². The Balaban J connectivity index is 2.16. The second-order valence-corrected chi connectivity index (χ2v) is 24.5. The van der Waals surface area contributed by atoms with Crippen LogP contribution in [0.5, 0.6) is 5.75 Å². The van der Waals surface area contributed by atoms with Crippen LogP contribution in [0.15, 0.2) is 84.5 Å². The standard InChI is InChI=1S/C26H39O.2C9H12N.Y/c1-11-26(12-2,20-14-13-19(17-20)24(4,5)6)22-16-18(3)15-21(23(22)27-10)25(7,8)9;2*1-8-6-4-5-7-9(8)10(2)3;/h13-17H,11-12H2,1-10H3;2*4-7H,1H2,2-3H3;. The first kappa shape index (κ1) is 38.4. The number of hydrogen-bond acceptors (Lipinski definition) is 3. The van der Waals surface area contributed by atoms with Crippen molar-refractivity contribution in [3.63, 3.8) is 0 Å². The van der Waals surface area contributed by atoms with Crippen LogP contribution in [-0.4, -0.2) is 35.3 Å². The van der Waals surface area contributed by atoms with Gasteiger partial charge in [-0.2, -0.15) is 0 Å². The monoisotopic (exact) mass is 724 g/mol. The van der Waals surface area contributed by atoms with E-state index in [0.717, 1.165) is 25.1 Å². The Morgan fingerprint density at radius 3 is 1.58 bits per heavy atom. The molecule has 1 atom stereocenters. The summed E-state index contributed by atoms with van der Waals surface area (Å²) in [6.45, 7) is 21.3. The molecule has 0 amide bonds. The van der Waals surface area contributed by atoms with Crippen LogP contribution >= 0.6 is 0 Å². The van der Waals surface area contributed by atoms with E-state index in [1.807, 2.05) is 7.11 Å². The summed E-state index contributed by atoms with van der Waals surface area (Å²) >= 11 is -2.90. The third-order valence-electron chi connectivity index (χ3n) is 11.2. The fraction of sp³-hybridized carbons (Fsp3) is 0.500. The first-order valence-corrected chi connectivity index (χ1v) is 23.5. The molecule has 1 aliphatic rings. The Morgan fingerprint density at radius 1 is 0.708 bits per heavy atom. The minimum absolute atomic E-state index is 0.0393. The predicted octanol–water partition coefficient (Wildman–Crippen LogP) is 11.2. The van der Waals surface area contributed by atoms with Crippen molar-refractivity contribution in [3.05, 3.63) is 112 Å². The molecule has 0 radical (unpaired) electrons. The average Bonchev–Trinajstić information content (AvgIpc) is 3.49. The van der Waals surface area contributed by atoms with Crippen molar-refractivity contribution in [3.8, 4) is 5.75 Å².